The molecule has 100 valence electrons. The maximum absolute atomic E-state index is 3.64. The SMILES string of the molecule is CCc1ccsc1CNCC1CSc2ccccc21. The van der Waals surface area contributed by atoms with E-state index in [4.69, 9.17) is 0 Å². The molecule has 1 aliphatic rings. The largest absolute Gasteiger partial charge is 0.311 e. The van der Waals surface area contributed by atoms with Gasteiger partial charge in [-0.05, 0) is 35.1 Å². The minimum Gasteiger partial charge on any atom is -0.311 e. The predicted octanol–water partition coefficient (Wildman–Crippen LogP) is 4.29. The zero-order valence-electron chi connectivity index (χ0n) is 11.2. The Labute approximate surface area is 123 Å². The molecule has 0 fully saturated rings. The number of fused-ring (bicyclic) bond motifs is 1. The fraction of sp³-hybridized carbons (Fsp3) is 0.375. The number of benzene rings is 1. The highest BCUT2D eigenvalue weighted by Gasteiger charge is 2.22. The molecule has 1 nitrogen and oxygen atoms in total. The Morgan fingerprint density at radius 2 is 2.16 bits per heavy atom. The minimum atomic E-state index is 0.672. The Kier molecular flexibility index (Phi) is 4.26. The first-order valence-corrected chi connectivity index (χ1v) is 8.72. The van der Waals surface area contributed by atoms with Gasteiger partial charge < -0.3 is 5.32 Å². The zero-order chi connectivity index (χ0) is 13.1. The summed E-state index contributed by atoms with van der Waals surface area (Å²) in [5.74, 6) is 1.89. The van der Waals surface area contributed by atoms with Crippen molar-refractivity contribution in [1.29, 1.82) is 0 Å². The lowest BCUT2D eigenvalue weighted by molar-refractivity contribution is 0.624. The highest BCUT2D eigenvalue weighted by molar-refractivity contribution is 7.99. The van der Waals surface area contributed by atoms with Crippen molar-refractivity contribution in [1.82, 2.24) is 5.32 Å². The second-order valence-electron chi connectivity index (χ2n) is 4.90. The topological polar surface area (TPSA) is 12.0 Å². The summed E-state index contributed by atoms with van der Waals surface area (Å²) in [6, 6.07) is 11.1. The van der Waals surface area contributed by atoms with Crippen LogP contribution in [0.5, 0.6) is 0 Å². The van der Waals surface area contributed by atoms with Crippen LogP contribution in [-0.4, -0.2) is 12.3 Å². The van der Waals surface area contributed by atoms with Crippen LogP contribution in [0.1, 0.15) is 28.8 Å². The molecule has 1 aromatic heterocycles. The molecule has 0 saturated carbocycles. The van der Waals surface area contributed by atoms with Crippen molar-refractivity contribution < 1.29 is 0 Å². The van der Waals surface area contributed by atoms with Gasteiger partial charge in [0.25, 0.3) is 0 Å². The number of hydrogen-bond donors (Lipinski definition) is 1. The summed E-state index contributed by atoms with van der Waals surface area (Å²) < 4.78 is 0. The van der Waals surface area contributed by atoms with Crippen LogP contribution in [0.4, 0.5) is 0 Å². The maximum Gasteiger partial charge on any atom is 0.0302 e. The first-order valence-electron chi connectivity index (χ1n) is 6.86. The lowest BCUT2D eigenvalue weighted by Gasteiger charge is -2.12. The van der Waals surface area contributed by atoms with Crippen LogP contribution < -0.4 is 5.32 Å². The first-order chi connectivity index (χ1) is 9.38. The molecule has 2 heterocycles. The fourth-order valence-electron chi connectivity index (χ4n) is 2.60. The Morgan fingerprint density at radius 3 is 3.05 bits per heavy atom. The number of thioether (sulfide) groups is 1. The Balaban J connectivity index is 1.57. The standard InChI is InChI=1S/C16H19NS2/c1-2-12-7-8-18-16(12)10-17-9-13-11-19-15-6-4-3-5-14(13)15/h3-8,13,17H,2,9-11H2,1H3. The van der Waals surface area contributed by atoms with Crippen molar-refractivity contribution in [3.05, 3.63) is 51.7 Å². The zero-order valence-corrected chi connectivity index (χ0v) is 12.8. The molecule has 0 amide bonds. The van der Waals surface area contributed by atoms with Crippen molar-refractivity contribution in [2.24, 2.45) is 0 Å². The van der Waals surface area contributed by atoms with Gasteiger partial charge in [0, 0.05) is 34.5 Å². The van der Waals surface area contributed by atoms with E-state index in [1.165, 1.54) is 26.7 Å². The van der Waals surface area contributed by atoms with Crippen LogP contribution in [-0.2, 0) is 13.0 Å². The molecular weight excluding hydrogens is 270 g/mol. The van der Waals surface area contributed by atoms with Crippen molar-refractivity contribution >= 4 is 23.1 Å². The quantitative estimate of drug-likeness (QED) is 0.881. The van der Waals surface area contributed by atoms with E-state index in [0.717, 1.165) is 19.5 Å². The second-order valence-corrected chi connectivity index (χ2v) is 6.96. The number of nitrogens with one attached hydrogen (secondary N) is 1. The molecule has 1 aliphatic heterocycles. The van der Waals surface area contributed by atoms with E-state index in [-0.39, 0.29) is 0 Å². The molecule has 1 N–H and O–H groups in total. The van der Waals surface area contributed by atoms with Gasteiger partial charge in [0.05, 0.1) is 0 Å². The summed E-state index contributed by atoms with van der Waals surface area (Å²) in [7, 11) is 0. The summed E-state index contributed by atoms with van der Waals surface area (Å²) in [5.41, 5.74) is 3.03. The van der Waals surface area contributed by atoms with E-state index >= 15 is 0 Å². The molecule has 3 heteroatoms. The van der Waals surface area contributed by atoms with Crippen LogP contribution >= 0.6 is 23.1 Å². The van der Waals surface area contributed by atoms with Gasteiger partial charge in [-0.15, -0.1) is 23.1 Å². The van der Waals surface area contributed by atoms with Gasteiger partial charge in [0.2, 0.25) is 0 Å². The number of thiophene rings is 1. The van der Waals surface area contributed by atoms with E-state index in [9.17, 15) is 0 Å². The van der Waals surface area contributed by atoms with Crippen molar-refractivity contribution in [2.45, 2.75) is 30.7 Å². The van der Waals surface area contributed by atoms with E-state index in [0.29, 0.717) is 5.92 Å². The average Bonchev–Trinajstić information content (AvgIpc) is 3.06. The molecule has 0 aliphatic carbocycles. The van der Waals surface area contributed by atoms with E-state index in [1.54, 1.807) is 0 Å². The van der Waals surface area contributed by atoms with Crippen LogP contribution in [0.2, 0.25) is 0 Å². The van der Waals surface area contributed by atoms with Crippen molar-refractivity contribution in [2.75, 3.05) is 12.3 Å². The molecule has 0 radical (unpaired) electrons. The van der Waals surface area contributed by atoms with Gasteiger partial charge in [0.1, 0.15) is 0 Å². The van der Waals surface area contributed by atoms with E-state index < -0.39 is 0 Å². The highest BCUT2D eigenvalue weighted by atomic mass is 32.2. The molecule has 1 aromatic carbocycles. The second kappa shape index (κ2) is 6.12. The first kappa shape index (κ1) is 13.2. The van der Waals surface area contributed by atoms with Crippen LogP contribution in [0.3, 0.4) is 0 Å². The van der Waals surface area contributed by atoms with E-state index in [1.807, 2.05) is 23.1 Å². The van der Waals surface area contributed by atoms with Gasteiger partial charge in [-0.25, -0.2) is 0 Å². The van der Waals surface area contributed by atoms with Gasteiger partial charge in [-0.1, -0.05) is 25.1 Å². The molecule has 19 heavy (non-hydrogen) atoms. The Hall–Kier alpha value is -0.770. The van der Waals surface area contributed by atoms with Crippen molar-refractivity contribution in [3.63, 3.8) is 0 Å². The molecule has 2 aromatic rings. The maximum atomic E-state index is 3.64. The molecule has 0 spiro atoms. The Bertz CT molecular complexity index is 547. The monoisotopic (exact) mass is 289 g/mol. The van der Waals surface area contributed by atoms with Gasteiger partial charge in [-0.2, -0.15) is 0 Å². The number of aryl methyl sites for hydroxylation is 1. The normalized spacial score (nSPS) is 17.6. The predicted molar refractivity (Wildman–Crippen MR) is 85.3 cm³/mol. The fourth-order valence-corrected chi connectivity index (χ4v) is 4.80. The molecule has 3 rings (SSSR count). The molecule has 1 atom stereocenters. The van der Waals surface area contributed by atoms with E-state index in [2.05, 4.69) is 48.0 Å². The van der Waals surface area contributed by atoms with Crippen LogP contribution in [0, 0.1) is 0 Å². The average molecular weight is 289 g/mol. The van der Waals surface area contributed by atoms with Gasteiger partial charge in [0.15, 0.2) is 0 Å². The summed E-state index contributed by atoms with van der Waals surface area (Å²) >= 11 is 3.87. The highest BCUT2D eigenvalue weighted by Crippen LogP contribution is 2.38. The van der Waals surface area contributed by atoms with Crippen molar-refractivity contribution in [3.8, 4) is 0 Å². The number of rotatable bonds is 5. The third-order valence-electron chi connectivity index (χ3n) is 3.69. The van der Waals surface area contributed by atoms with Gasteiger partial charge in [-0.3, -0.25) is 0 Å². The summed E-state index contributed by atoms with van der Waals surface area (Å²) in [4.78, 5) is 2.97. The lowest BCUT2D eigenvalue weighted by atomic mass is 10.0. The van der Waals surface area contributed by atoms with Crippen LogP contribution in [0.25, 0.3) is 0 Å². The summed E-state index contributed by atoms with van der Waals surface area (Å²) in [5, 5.41) is 5.85. The third kappa shape index (κ3) is 2.88. The number of hydrogen-bond acceptors (Lipinski definition) is 3. The smallest absolute Gasteiger partial charge is 0.0302 e. The summed E-state index contributed by atoms with van der Waals surface area (Å²) in [6.45, 7) is 4.34. The lowest BCUT2D eigenvalue weighted by Crippen LogP contribution is -2.21. The molecule has 0 bridgehead atoms. The molecule has 0 saturated heterocycles. The molecule has 1 unspecified atom stereocenters. The molecular formula is C16H19NS2. The third-order valence-corrected chi connectivity index (χ3v) is 5.91. The Morgan fingerprint density at radius 1 is 1.26 bits per heavy atom. The minimum absolute atomic E-state index is 0.672. The summed E-state index contributed by atoms with van der Waals surface area (Å²) in [6.07, 6.45) is 1.14. The van der Waals surface area contributed by atoms with Gasteiger partial charge >= 0.3 is 0 Å². The van der Waals surface area contributed by atoms with Crippen LogP contribution in [0.15, 0.2) is 40.6 Å².